The zero-order chi connectivity index (χ0) is 12.1. The van der Waals surface area contributed by atoms with Gasteiger partial charge in [0.1, 0.15) is 5.82 Å². The van der Waals surface area contributed by atoms with Crippen molar-refractivity contribution in [1.82, 2.24) is 10.3 Å². The summed E-state index contributed by atoms with van der Waals surface area (Å²) in [7, 11) is 0. The first kappa shape index (κ1) is 12.2. The van der Waals surface area contributed by atoms with Crippen molar-refractivity contribution in [3.05, 3.63) is 52.2 Å². The molecule has 4 heteroatoms. The maximum absolute atomic E-state index is 12.8. The summed E-state index contributed by atoms with van der Waals surface area (Å²) in [5, 5.41) is 3.46. The monoisotopic (exact) mass is 250 g/mol. The molecule has 1 heterocycles. The third-order valence-electron chi connectivity index (χ3n) is 2.69. The second kappa shape index (κ2) is 5.89. The average Bonchev–Trinajstić information content (AvgIpc) is 2.85. The first-order valence-corrected chi connectivity index (χ1v) is 6.53. The largest absolute Gasteiger partial charge is 0.305 e. The Morgan fingerprint density at radius 2 is 2.12 bits per heavy atom. The number of hydrogen-bond donors (Lipinski definition) is 1. The van der Waals surface area contributed by atoms with Gasteiger partial charge in [0, 0.05) is 23.7 Å². The van der Waals surface area contributed by atoms with Crippen molar-refractivity contribution in [2.75, 3.05) is 0 Å². The lowest BCUT2D eigenvalue weighted by atomic mass is 10.0. The topological polar surface area (TPSA) is 24.9 Å². The highest BCUT2D eigenvalue weighted by molar-refractivity contribution is 7.09. The smallest absolute Gasteiger partial charge is 0.123 e. The Morgan fingerprint density at radius 3 is 2.71 bits per heavy atom. The van der Waals surface area contributed by atoms with E-state index >= 15 is 0 Å². The van der Waals surface area contributed by atoms with Gasteiger partial charge < -0.3 is 5.32 Å². The van der Waals surface area contributed by atoms with E-state index in [2.05, 4.69) is 17.2 Å². The van der Waals surface area contributed by atoms with Crippen LogP contribution in [0, 0.1) is 5.82 Å². The lowest BCUT2D eigenvalue weighted by molar-refractivity contribution is 0.520. The van der Waals surface area contributed by atoms with Gasteiger partial charge in [-0.15, -0.1) is 11.3 Å². The van der Waals surface area contributed by atoms with Crippen molar-refractivity contribution >= 4 is 11.3 Å². The molecule has 0 fully saturated rings. The maximum atomic E-state index is 12.8. The van der Waals surface area contributed by atoms with Gasteiger partial charge in [-0.2, -0.15) is 0 Å². The number of thiazole rings is 1. The molecule has 1 aromatic heterocycles. The van der Waals surface area contributed by atoms with E-state index in [1.807, 2.05) is 23.8 Å². The average molecular weight is 250 g/mol. The standard InChI is InChI=1S/C13H15FN2S/c1-2-13(10-3-5-11(14)6-4-10)16-8-12-7-15-9-17-12/h3-7,9,13,16H,2,8H2,1H3. The Labute approximate surface area is 105 Å². The first-order chi connectivity index (χ1) is 8.29. The maximum Gasteiger partial charge on any atom is 0.123 e. The van der Waals surface area contributed by atoms with Crippen molar-refractivity contribution in [2.24, 2.45) is 0 Å². The van der Waals surface area contributed by atoms with E-state index in [4.69, 9.17) is 0 Å². The van der Waals surface area contributed by atoms with Crippen LogP contribution < -0.4 is 5.32 Å². The molecule has 0 aliphatic carbocycles. The van der Waals surface area contributed by atoms with E-state index in [1.165, 1.54) is 17.0 Å². The zero-order valence-corrected chi connectivity index (χ0v) is 10.5. The van der Waals surface area contributed by atoms with Crippen molar-refractivity contribution in [1.29, 1.82) is 0 Å². The lowest BCUT2D eigenvalue weighted by Crippen LogP contribution is -2.19. The van der Waals surface area contributed by atoms with Gasteiger partial charge in [-0.05, 0) is 24.1 Å². The molecule has 0 spiro atoms. The van der Waals surface area contributed by atoms with Crippen LogP contribution in [0.15, 0.2) is 36.0 Å². The number of benzene rings is 1. The molecule has 0 aliphatic heterocycles. The summed E-state index contributed by atoms with van der Waals surface area (Å²) >= 11 is 1.64. The highest BCUT2D eigenvalue weighted by atomic mass is 32.1. The van der Waals surface area contributed by atoms with Crippen LogP contribution in [0.5, 0.6) is 0 Å². The summed E-state index contributed by atoms with van der Waals surface area (Å²) < 4.78 is 12.8. The van der Waals surface area contributed by atoms with Crippen molar-refractivity contribution < 1.29 is 4.39 Å². The van der Waals surface area contributed by atoms with Gasteiger partial charge in [0.15, 0.2) is 0 Å². The zero-order valence-electron chi connectivity index (χ0n) is 9.69. The Morgan fingerprint density at radius 1 is 1.35 bits per heavy atom. The van der Waals surface area contributed by atoms with E-state index < -0.39 is 0 Å². The molecule has 0 amide bonds. The molecule has 2 nitrogen and oxygen atoms in total. The van der Waals surface area contributed by atoms with E-state index in [-0.39, 0.29) is 11.9 Å². The predicted octanol–water partition coefficient (Wildman–Crippen LogP) is 3.52. The third kappa shape index (κ3) is 3.35. The molecule has 1 unspecified atom stereocenters. The Balaban J connectivity index is 1.99. The molecular weight excluding hydrogens is 235 g/mol. The quantitative estimate of drug-likeness (QED) is 0.878. The number of aromatic nitrogens is 1. The molecule has 2 rings (SSSR count). The molecule has 1 atom stereocenters. The van der Waals surface area contributed by atoms with Gasteiger partial charge in [-0.1, -0.05) is 19.1 Å². The fraction of sp³-hybridized carbons (Fsp3) is 0.308. The molecular formula is C13H15FN2S. The second-order valence-corrected chi connectivity index (χ2v) is 4.83. The van der Waals surface area contributed by atoms with E-state index in [9.17, 15) is 4.39 Å². The minimum absolute atomic E-state index is 0.189. The van der Waals surface area contributed by atoms with Crippen molar-refractivity contribution in [3.63, 3.8) is 0 Å². The van der Waals surface area contributed by atoms with E-state index in [0.717, 1.165) is 18.5 Å². The predicted molar refractivity (Wildman–Crippen MR) is 68.4 cm³/mol. The van der Waals surface area contributed by atoms with Gasteiger partial charge in [0.25, 0.3) is 0 Å². The highest BCUT2D eigenvalue weighted by Crippen LogP contribution is 2.18. The van der Waals surface area contributed by atoms with Crippen LogP contribution in [-0.2, 0) is 6.54 Å². The van der Waals surface area contributed by atoms with Crippen molar-refractivity contribution in [3.8, 4) is 0 Å². The number of nitrogens with one attached hydrogen (secondary N) is 1. The molecule has 0 saturated heterocycles. The summed E-state index contributed by atoms with van der Waals surface area (Å²) in [6.45, 7) is 2.92. The fourth-order valence-corrected chi connectivity index (χ4v) is 2.29. The van der Waals surface area contributed by atoms with Gasteiger partial charge in [-0.25, -0.2) is 4.39 Å². The van der Waals surface area contributed by atoms with Crippen LogP contribution in [0.1, 0.15) is 29.8 Å². The molecule has 0 radical (unpaired) electrons. The van der Waals surface area contributed by atoms with Crippen LogP contribution in [0.2, 0.25) is 0 Å². The molecule has 0 bridgehead atoms. The fourth-order valence-electron chi connectivity index (χ4n) is 1.75. The van der Waals surface area contributed by atoms with Gasteiger partial charge in [0.2, 0.25) is 0 Å². The lowest BCUT2D eigenvalue weighted by Gasteiger charge is -2.16. The molecule has 17 heavy (non-hydrogen) atoms. The van der Waals surface area contributed by atoms with Gasteiger partial charge >= 0.3 is 0 Å². The van der Waals surface area contributed by atoms with E-state index in [0.29, 0.717) is 0 Å². The molecule has 0 aliphatic rings. The minimum Gasteiger partial charge on any atom is -0.305 e. The van der Waals surface area contributed by atoms with Crippen LogP contribution >= 0.6 is 11.3 Å². The van der Waals surface area contributed by atoms with Crippen molar-refractivity contribution in [2.45, 2.75) is 25.9 Å². The highest BCUT2D eigenvalue weighted by Gasteiger charge is 2.08. The third-order valence-corrected chi connectivity index (χ3v) is 3.47. The van der Waals surface area contributed by atoms with Gasteiger partial charge in [0.05, 0.1) is 5.51 Å². The first-order valence-electron chi connectivity index (χ1n) is 5.66. The molecule has 90 valence electrons. The number of hydrogen-bond acceptors (Lipinski definition) is 3. The summed E-state index contributed by atoms with van der Waals surface area (Å²) in [6, 6.07) is 6.95. The molecule has 1 aromatic carbocycles. The molecule has 0 saturated carbocycles. The Bertz CT molecular complexity index is 439. The normalized spacial score (nSPS) is 12.6. The van der Waals surface area contributed by atoms with Gasteiger partial charge in [-0.3, -0.25) is 4.98 Å². The summed E-state index contributed by atoms with van der Waals surface area (Å²) in [4.78, 5) is 5.25. The minimum atomic E-state index is -0.189. The summed E-state index contributed by atoms with van der Waals surface area (Å²) in [5.41, 5.74) is 2.95. The number of halogens is 1. The van der Waals surface area contributed by atoms with Crippen LogP contribution in [0.4, 0.5) is 4.39 Å². The molecule has 1 N–H and O–H groups in total. The molecule has 2 aromatic rings. The summed E-state index contributed by atoms with van der Waals surface area (Å²) in [6.07, 6.45) is 2.85. The number of rotatable bonds is 5. The van der Waals surface area contributed by atoms with Crippen LogP contribution in [-0.4, -0.2) is 4.98 Å². The summed E-state index contributed by atoms with van der Waals surface area (Å²) in [5.74, 6) is -0.189. The van der Waals surface area contributed by atoms with E-state index in [1.54, 1.807) is 11.3 Å². The number of nitrogens with zero attached hydrogens (tertiary/aromatic N) is 1. The Hall–Kier alpha value is -1.26. The van der Waals surface area contributed by atoms with Crippen LogP contribution in [0.3, 0.4) is 0 Å². The SMILES string of the molecule is CCC(NCc1cncs1)c1ccc(F)cc1. The van der Waals surface area contributed by atoms with Crippen LogP contribution in [0.25, 0.3) is 0 Å². The Kier molecular flexibility index (Phi) is 4.23. The second-order valence-electron chi connectivity index (χ2n) is 3.86.